The maximum absolute atomic E-state index is 11.9. The standard InChI is InChI=1S/C15H20N2O/c1-2-3-7-16-9-12-8-13(11-16)14-5-4-6-15(18)17(14)10-12/h2,4-6,12-13H,1,3,7-11H2/t12-,13-/m1/s1. The average molecular weight is 244 g/mol. The summed E-state index contributed by atoms with van der Waals surface area (Å²) in [4.78, 5) is 14.4. The van der Waals surface area contributed by atoms with Crippen LogP contribution in [0.4, 0.5) is 0 Å². The Morgan fingerprint density at radius 1 is 1.33 bits per heavy atom. The van der Waals surface area contributed by atoms with Crippen molar-refractivity contribution in [3.63, 3.8) is 0 Å². The number of rotatable bonds is 3. The van der Waals surface area contributed by atoms with Crippen LogP contribution in [0.1, 0.15) is 24.5 Å². The molecule has 2 atom stereocenters. The summed E-state index contributed by atoms with van der Waals surface area (Å²) in [5, 5.41) is 0. The summed E-state index contributed by atoms with van der Waals surface area (Å²) < 4.78 is 1.99. The maximum atomic E-state index is 11.9. The lowest BCUT2D eigenvalue weighted by molar-refractivity contribution is 0.122. The van der Waals surface area contributed by atoms with Gasteiger partial charge in [0.05, 0.1) is 0 Å². The largest absolute Gasteiger partial charge is 0.312 e. The van der Waals surface area contributed by atoms with E-state index in [9.17, 15) is 4.79 Å². The fourth-order valence-corrected chi connectivity index (χ4v) is 3.45. The zero-order valence-corrected chi connectivity index (χ0v) is 10.7. The highest BCUT2D eigenvalue weighted by Gasteiger charge is 2.33. The summed E-state index contributed by atoms with van der Waals surface area (Å²) in [6.45, 7) is 8.02. The van der Waals surface area contributed by atoms with Crippen molar-refractivity contribution in [2.75, 3.05) is 19.6 Å². The first-order chi connectivity index (χ1) is 8.78. The predicted octanol–water partition coefficient (Wildman–Crippen LogP) is 1.84. The molecule has 1 fully saturated rings. The minimum atomic E-state index is 0.168. The van der Waals surface area contributed by atoms with E-state index in [1.54, 1.807) is 6.07 Å². The first-order valence-corrected chi connectivity index (χ1v) is 6.81. The minimum absolute atomic E-state index is 0.168. The van der Waals surface area contributed by atoms with Crippen LogP contribution in [0.15, 0.2) is 35.6 Å². The normalized spacial score (nSPS) is 26.7. The van der Waals surface area contributed by atoms with Gasteiger partial charge in [0.25, 0.3) is 5.56 Å². The summed E-state index contributed by atoms with van der Waals surface area (Å²) >= 11 is 0. The molecule has 0 amide bonds. The minimum Gasteiger partial charge on any atom is -0.312 e. The van der Waals surface area contributed by atoms with E-state index < -0.39 is 0 Å². The number of fused-ring (bicyclic) bond motifs is 4. The molecule has 0 saturated carbocycles. The lowest BCUT2D eigenvalue weighted by atomic mass is 9.83. The Morgan fingerprint density at radius 2 is 2.22 bits per heavy atom. The SMILES string of the molecule is C=CCCN1C[C@H]2C[C@H](C1)c1cccc(=O)n1C2. The highest BCUT2D eigenvalue weighted by Crippen LogP contribution is 2.34. The summed E-state index contributed by atoms with van der Waals surface area (Å²) in [5.74, 6) is 1.18. The quantitative estimate of drug-likeness (QED) is 0.758. The summed E-state index contributed by atoms with van der Waals surface area (Å²) in [7, 11) is 0. The van der Waals surface area contributed by atoms with E-state index in [1.165, 1.54) is 12.1 Å². The van der Waals surface area contributed by atoms with E-state index in [4.69, 9.17) is 0 Å². The van der Waals surface area contributed by atoms with Crippen LogP contribution in [0.25, 0.3) is 0 Å². The van der Waals surface area contributed by atoms with Crippen molar-refractivity contribution >= 4 is 0 Å². The van der Waals surface area contributed by atoms with Gasteiger partial charge in [0.1, 0.15) is 0 Å². The van der Waals surface area contributed by atoms with E-state index in [2.05, 4.69) is 17.5 Å². The van der Waals surface area contributed by atoms with Gasteiger partial charge in [0.2, 0.25) is 0 Å². The molecule has 1 aromatic rings. The third-order valence-electron chi connectivity index (χ3n) is 4.20. The fourth-order valence-electron chi connectivity index (χ4n) is 3.45. The Bertz CT molecular complexity index is 505. The first kappa shape index (κ1) is 11.7. The summed E-state index contributed by atoms with van der Waals surface area (Å²) in [6, 6.07) is 5.70. The van der Waals surface area contributed by atoms with Crippen LogP contribution in [0.2, 0.25) is 0 Å². The fraction of sp³-hybridized carbons (Fsp3) is 0.533. The number of piperidine rings is 1. The van der Waals surface area contributed by atoms with Gasteiger partial charge in [-0.05, 0) is 24.8 Å². The molecule has 1 aromatic heterocycles. The molecule has 2 aliphatic heterocycles. The molecule has 3 heterocycles. The van der Waals surface area contributed by atoms with Gasteiger partial charge >= 0.3 is 0 Å². The second-order valence-corrected chi connectivity index (χ2v) is 5.54. The Morgan fingerprint density at radius 3 is 3.06 bits per heavy atom. The Labute approximate surface area is 108 Å². The second-order valence-electron chi connectivity index (χ2n) is 5.54. The Hall–Kier alpha value is -1.35. The van der Waals surface area contributed by atoms with Crippen molar-refractivity contribution in [2.24, 2.45) is 5.92 Å². The smallest absolute Gasteiger partial charge is 0.250 e. The molecule has 0 aliphatic carbocycles. The molecule has 1 saturated heterocycles. The molecule has 0 N–H and O–H groups in total. The van der Waals surface area contributed by atoms with E-state index >= 15 is 0 Å². The zero-order chi connectivity index (χ0) is 12.5. The predicted molar refractivity (Wildman–Crippen MR) is 72.8 cm³/mol. The van der Waals surface area contributed by atoms with Crippen molar-refractivity contribution < 1.29 is 0 Å². The van der Waals surface area contributed by atoms with Crippen LogP contribution in [0.3, 0.4) is 0 Å². The van der Waals surface area contributed by atoms with Gasteiger partial charge in [-0.15, -0.1) is 6.58 Å². The van der Waals surface area contributed by atoms with Crippen molar-refractivity contribution in [1.82, 2.24) is 9.47 Å². The van der Waals surface area contributed by atoms with Gasteiger partial charge in [0.15, 0.2) is 0 Å². The van der Waals surface area contributed by atoms with Gasteiger partial charge in [-0.1, -0.05) is 12.1 Å². The van der Waals surface area contributed by atoms with Crippen molar-refractivity contribution in [1.29, 1.82) is 0 Å². The Balaban J connectivity index is 1.85. The Kier molecular flexibility index (Phi) is 3.08. The third-order valence-corrected chi connectivity index (χ3v) is 4.20. The van der Waals surface area contributed by atoms with Crippen molar-refractivity contribution in [3.8, 4) is 0 Å². The lowest BCUT2D eigenvalue weighted by Gasteiger charge is -2.42. The van der Waals surface area contributed by atoms with Crippen LogP contribution in [0, 0.1) is 5.92 Å². The molecule has 2 aliphatic rings. The first-order valence-electron chi connectivity index (χ1n) is 6.81. The van der Waals surface area contributed by atoms with Crippen LogP contribution >= 0.6 is 0 Å². The monoisotopic (exact) mass is 244 g/mol. The van der Waals surface area contributed by atoms with E-state index in [1.807, 2.05) is 16.7 Å². The summed E-state index contributed by atoms with van der Waals surface area (Å²) in [5.41, 5.74) is 1.41. The molecule has 0 aromatic carbocycles. The number of nitrogens with zero attached hydrogens (tertiary/aromatic N) is 2. The number of likely N-dealkylation sites (tertiary alicyclic amines) is 1. The molecule has 3 heteroatoms. The number of hydrogen-bond acceptors (Lipinski definition) is 2. The van der Waals surface area contributed by atoms with Gasteiger partial charge in [-0.3, -0.25) is 4.79 Å². The molecule has 2 bridgehead atoms. The number of pyridine rings is 1. The van der Waals surface area contributed by atoms with E-state index in [0.29, 0.717) is 11.8 Å². The average Bonchev–Trinajstić information content (AvgIpc) is 2.38. The van der Waals surface area contributed by atoms with Gasteiger partial charge in [-0.2, -0.15) is 0 Å². The molecule has 96 valence electrons. The van der Waals surface area contributed by atoms with Gasteiger partial charge in [0, 0.05) is 43.9 Å². The molecular formula is C15H20N2O. The van der Waals surface area contributed by atoms with Crippen LogP contribution < -0.4 is 5.56 Å². The van der Waals surface area contributed by atoms with E-state index in [-0.39, 0.29) is 5.56 Å². The highest BCUT2D eigenvalue weighted by molar-refractivity contribution is 5.16. The van der Waals surface area contributed by atoms with Crippen LogP contribution in [-0.4, -0.2) is 29.1 Å². The summed E-state index contributed by atoms with van der Waals surface area (Å²) in [6.07, 6.45) is 4.29. The molecule has 0 radical (unpaired) electrons. The second kappa shape index (κ2) is 4.73. The van der Waals surface area contributed by atoms with Crippen molar-refractivity contribution in [2.45, 2.75) is 25.3 Å². The van der Waals surface area contributed by atoms with E-state index in [0.717, 1.165) is 32.6 Å². The maximum Gasteiger partial charge on any atom is 0.250 e. The highest BCUT2D eigenvalue weighted by atomic mass is 16.1. The number of aromatic nitrogens is 1. The lowest BCUT2D eigenvalue weighted by Crippen LogP contribution is -2.47. The van der Waals surface area contributed by atoms with Gasteiger partial charge < -0.3 is 9.47 Å². The number of hydrogen-bond donors (Lipinski definition) is 0. The molecule has 3 nitrogen and oxygen atoms in total. The third kappa shape index (κ3) is 2.03. The molecule has 3 rings (SSSR count). The molecule has 18 heavy (non-hydrogen) atoms. The van der Waals surface area contributed by atoms with Crippen LogP contribution in [-0.2, 0) is 6.54 Å². The topological polar surface area (TPSA) is 25.2 Å². The molecular weight excluding hydrogens is 224 g/mol. The van der Waals surface area contributed by atoms with Gasteiger partial charge in [-0.25, -0.2) is 0 Å². The molecule has 0 spiro atoms. The molecule has 0 unspecified atom stereocenters. The van der Waals surface area contributed by atoms with Crippen LogP contribution in [0.5, 0.6) is 0 Å². The zero-order valence-electron chi connectivity index (χ0n) is 10.7. The van der Waals surface area contributed by atoms with Crippen molar-refractivity contribution in [3.05, 3.63) is 46.9 Å².